The van der Waals surface area contributed by atoms with Crippen LogP contribution in [-0.4, -0.2) is 54.6 Å². The predicted molar refractivity (Wildman–Crippen MR) is 78.3 cm³/mol. The molecule has 1 N–H and O–H groups in total. The van der Waals surface area contributed by atoms with E-state index in [2.05, 4.69) is 29.1 Å². The average Bonchev–Trinajstić information content (AvgIpc) is 2.61. The quantitative estimate of drug-likeness (QED) is 0.834. The number of urea groups is 1. The van der Waals surface area contributed by atoms with Crippen molar-refractivity contribution in [2.45, 2.75) is 64.0 Å². The normalized spacial score (nSPS) is 27.1. The minimum absolute atomic E-state index is 0.175. The SMILES string of the molecule is CCC1CN(C)CCCN1C(=O)NC1CCCCC1. The van der Waals surface area contributed by atoms with Gasteiger partial charge in [-0.15, -0.1) is 0 Å². The zero-order valence-electron chi connectivity index (χ0n) is 12.5. The molecule has 0 radical (unpaired) electrons. The lowest BCUT2D eigenvalue weighted by molar-refractivity contribution is 0.163. The molecule has 1 aliphatic carbocycles. The Morgan fingerprint density at radius 3 is 2.58 bits per heavy atom. The van der Waals surface area contributed by atoms with Crippen LogP contribution in [0.25, 0.3) is 0 Å². The summed E-state index contributed by atoms with van der Waals surface area (Å²) in [5, 5.41) is 3.26. The number of hydrogen-bond acceptors (Lipinski definition) is 2. The van der Waals surface area contributed by atoms with Crippen LogP contribution in [0.1, 0.15) is 51.9 Å². The molecule has 1 unspecified atom stereocenters. The first-order chi connectivity index (χ1) is 9.20. The summed E-state index contributed by atoms with van der Waals surface area (Å²) in [6.07, 6.45) is 8.33. The van der Waals surface area contributed by atoms with E-state index in [1.54, 1.807) is 0 Å². The summed E-state index contributed by atoms with van der Waals surface area (Å²) in [6.45, 7) is 5.20. The zero-order chi connectivity index (χ0) is 13.7. The zero-order valence-corrected chi connectivity index (χ0v) is 12.5. The number of hydrogen-bond donors (Lipinski definition) is 1. The van der Waals surface area contributed by atoms with Crippen molar-refractivity contribution in [3.05, 3.63) is 0 Å². The van der Waals surface area contributed by atoms with Gasteiger partial charge in [-0.2, -0.15) is 0 Å². The summed E-state index contributed by atoms with van der Waals surface area (Å²) in [5.41, 5.74) is 0. The molecule has 2 amide bonds. The van der Waals surface area contributed by atoms with E-state index in [1.165, 1.54) is 19.3 Å². The van der Waals surface area contributed by atoms with Crippen molar-refractivity contribution in [1.82, 2.24) is 15.1 Å². The van der Waals surface area contributed by atoms with Crippen LogP contribution < -0.4 is 5.32 Å². The van der Waals surface area contributed by atoms with E-state index in [0.717, 1.165) is 45.3 Å². The largest absolute Gasteiger partial charge is 0.335 e. The highest BCUT2D eigenvalue weighted by atomic mass is 16.2. The lowest BCUT2D eigenvalue weighted by atomic mass is 9.96. The molecule has 0 aromatic heterocycles. The molecule has 1 atom stereocenters. The molecule has 1 saturated carbocycles. The van der Waals surface area contributed by atoms with Gasteiger partial charge in [-0.25, -0.2) is 4.79 Å². The van der Waals surface area contributed by atoms with Crippen LogP contribution in [0.3, 0.4) is 0 Å². The molecular formula is C15H29N3O. The van der Waals surface area contributed by atoms with Crippen LogP contribution in [0.2, 0.25) is 0 Å². The van der Waals surface area contributed by atoms with E-state index < -0.39 is 0 Å². The molecule has 0 bridgehead atoms. The lowest BCUT2D eigenvalue weighted by Gasteiger charge is -2.33. The van der Waals surface area contributed by atoms with E-state index in [9.17, 15) is 4.79 Å². The second-order valence-corrected chi connectivity index (χ2v) is 6.16. The van der Waals surface area contributed by atoms with Crippen LogP contribution in [0.5, 0.6) is 0 Å². The lowest BCUT2D eigenvalue weighted by Crippen LogP contribution is -2.51. The van der Waals surface area contributed by atoms with Crippen molar-refractivity contribution in [1.29, 1.82) is 0 Å². The molecule has 4 nitrogen and oxygen atoms in total. The Labute approximate surface area is 117 Å². The number of likely N-dealkylation sites (N-methyl/N-ethyl adjacent to an activating group) is 1. The fourth-order valence-corrected chi connectivity index (χ4v) is 3.36. The van der Waals surface area contributed by atoms with Gasteiger partial charge in [0.15, 0.2) is 0 Å². The molecule has 0 aromatic rings. The summed E-state index contributed by atoms with van der Waals surface area (Å²) in [4.78, 5) is 16.9. The van der Waals surface area contributed by atoms with Gasteiger partial charge in [0.05, 0.1) is 0 Å². The number of rotatable bonds is 2. The summed E-state index contributed by atoms with van der Waals surface area (Å²) in [7, 11) is 2.16. The van der Waals surface area contributed by atoms with Crippen molar-refractivity contribution in [3.8, 4) is 0 Å². The molecule has 4 heteroatoms. The molecule has 0 spiro atoms. The molecule has 1 saturated heterocycles. The second kappa shape index (κ2) is 7.13. The monoisotopic (exact) mass is 267 g/mol. The topological polar surface area (TPSA) is 35.6 Å². The van der Waals surface area contributed by atoms with Crippen LogP contribution in [-0.2, 0) is 0 Å². The van der Waals surface area contributed by atoms with Gasteiger partial charge in [-0.3, -0.25) is 0 Å². The van der Waals surface area contributed by atoms with Gasteiger partial charge in [-0.05, 0) is 39.3 Å². The highest BCUT2D eigenvalue weighted by molar-refractivity contribution is 5.75. The molecular weight excluding hydrogens is 238 g/mol. The minimum Gasteiger partial charge on any atom is -0.335 e. The van der Waals surface area contributed by atoms with E-state index in [1.807, 2.05) is 0 Å². The standard InChI is InChI=1S/C15H29N3O/c1-3-14-12-17(2)10-7-11-18(14)15(19)16-13-8-5-4-6-9-13/h13-14H,3-12H2,1-2H3,(H,16,19). The maximum atomic E-state index is 12.5. The van der Waals surface area contributed by atoms with E-state index in [4.69, 9.17) is 0 Å². The number of amides is 2. The summed E-state index contributed by atoms with van der Waals surface area (Å²) >= 11 is 0. The fraction of sp³-hybridized carbons (Fsp3) is 0.933. The van der Waals surface area contributed by atoms with E-state index in [-0.39, 0.29) is 6.03 Å². The molecule has 2 fully saturated rings. The number of nitrogens with one attached hydrogen (secondary N) is 1. The van der Waals surface area contributed by atoms with Gasteiger partial charge < -0.3 is 15.1 Å². The molecule has 1 heterocycles. The molecule has 19 heavy (non-hydrogen) atoms. The highest BCUT2D eigenvalue weighted by Crippen LogP contribution is 2.18. The highest BCUT2D eigenvalue weighted by Gasteiger charge is 2.27. The van der Waals surface area contributed by atoms with Gasteiger partial charge in [0, 0.05) is 25.2 Å². The third-order valence-corrected chi connectivity index (χ3v) is 4.57. The average molecular weight is 267 g/mol. The maximum absolute atomic E-state index is 12.5. The Kier molecular flexibility index (Phi) is 5.49. The smallest absolute Gasteiger partial charge is 0.317 e. The molecule has 110 valence electrons. The van der Waals surface area contributed by atoms with Crippen molar-refractivity contribution >= 4 is 6.03 Å². The first-order valence-corrected chi connectivity index (χ1v) is 7.96. The van der Waals surface area contributed by atoms with Crippen LogP contribution in [0.4, 0.5) is 4.79 Å². The van der Waals surface area contributed by atoms with Crippen molar-refractivity contribution in [3.63, 3.8) is 0 Å². The van der Waals surface area contributed by atoms with Gasteiger partial charge >= 0.3 is 6.03 Å². The summed E-state index contributed by atoms with van der Waals surface area (Å²) < 4.78 is 0. The number of nitrogens with zero attached hydrogens (tertiary/aromatic N) is 2. The molecule has 2 rings (SSSR count). The van der Waals surface area contributed by atoms with Crippen LogP contribution in [0, 0.1) is 0 Å². The van der Waals surface area contributed by atoms with Gasteiger partial charge in [-0.1, -0.05) is 26.2 Å². The molecule has 0 aromatic carbocycles. The Hall–Kier alpha value is -0.770. The fourth-order valence-electron chi connectivity index (χ4n) is 3.36. The Balaban J connectivity index is 1.91. The van der Waals surface area contributed by atoms with Gasteiger partial charge in [0.1, 0.15) is 0 Å². The Morgan fingerprint density at radius 2 is 1.89 bits per heavy atom. The van der Waals surface area contributed by atoms with Crippen molar-refractivity contribution in [2.24, 2.45) is 0 Å². The first kappa shape index (κ1) is 14.6. The first-order valence-electron chi connectivity index (χ1n) is 7.96. The summed E-state index contributed by atoms with van der Waals surface area (Å²) in [6, 6.07) is 0.963. The molecule has 2 aliphatic rings. The molecule has 1 aliphatic heterocycles. The number of carbonyl (C=O) groups excluding carboxylic acids is 1. The van der Waals surface area contributed by atoms with Crippen molar-refractivity contribution in [2.75, 3.05) is 26.7 Å². The van der Waals surface area contributed by atoms with Crippen molar-refractivity contribution < 1.29 is 4.79 Å². The van der Waals surface area contributed by atoms with E-state index >= 15 is 0 Å². The third-order valence-electron chi connectivity index (χ3n) is 4.57. The van der Waals surface area contributed by atoms with Crippen LogP contribution in [0.15, 0.2) is 0 Å². The predicted octanol–water partition coefficient (Wildman–Crippen LogP) is 2.44. The van der Waals surface area contributed by atoms with Crippen LogP contribution >= 0.6 is 0 Å². The maximum Gasteiger partial charge on any atom is 0.317 e. The second-order valence-electron chi connectivity index (χ2n) is 6.16. The number of carbonyl (C=O) groups is 1. The van der Waals surface area contributed by atoms with Gasteiger partial charge in [0.2, 0.25) is 0 Å². The van der Waals surface area contributed by atoms with E-state index in [0.29, 0.717) is 12.1 Å². The van der Waals surface area contributed by atoms with Gasteiger partial charge in [0.25, 0.3) is 0 Å². The summed E-state index contributed by atoms with van der Waals surface area (Å²) in [5.74, 6) is 0. The Morgan fingerprint density at radius 1 is 1.16 bits per heavy atom. The Bertz CT molecular complexity index is 289. The third kappa shape index (κ3) is 4.10. The minimum atomic E-state index is 0.175.